The number of carbonyl (C=O) groups is 1. The van der Waals surface area contributed by atoms with Gasteiger partial charge in [-0.05, 0) is 13.0 Å². The molecular weight excluding hydrogens is 208 g/mol. The number of ether oxygens (including phenoxy) is 1. The molecule has 16 heavy (non-hydrogen) atoms. The number of amides is 1. The van der Waals surface area contributed by atoms with E-state index >= 15 is 0 Å². The fourth-order valence-electron chi connectivity index (χ4n) is 1.13. The number of likely N-dealkylation sites (N-methyl/N-ethyl adjacent to an activating group) is 1. The van der Waals surface area contributed by atoms with Crippen LogP contribution in [0.5, 0.6) is 5.88 Å². The van der Waals surface area contributed by atoms with Gasteiger partial charge in [0.05, 0.1) is 19.3 Å². The Hall–Kier alpha value is -1.98. The average molecular weight is 224 g/mol. The largest absolute Gasteiger partial charge is 0.481 e. The number of nitrogens with two attached hydrogens (primary N) is 1. The van der Waals surface area contributed by atoms with Gasteiger partial charge >= 0.3 is 0 Å². The fourth-order valence-corrected chi connectivity index (χ4v) is 1.13. The Bertz CT molecular complexity index is 368. The lowest BCUT2D eigenvalue weighted by Crippen LogP contribution is -2.29. The monoisotopic (exact) mass is 224 g/mol. The van der Waals surface area contributed by atoms with E-state index in [0.29, 0.717) is 23.9 Å². The van der Waals surface area contributed by atoms with Crippen LogP contribution in [0.3, 0.4) is 0 Å². The van der Waals surface area contributed by atoms with Crippen LogP contribution in [0, 0.1) is 0 Å². The van der Waals surface area contributed by atoms with Crippen molar-refractivity contribution in [2.75, 3.05) is 31.2 Å². The van der Waals surface area contributed by atoms with E-state index in [-0.39, 0.29) is 12.5 Å². The highest BCUT2D eigenvalue weighted by atomic mass is 16.5. The Labute approximate surface area is 94.2 Å². The first-order valence-corrected chi connectivity index (χ1v) is 4.98. The van der Waals surface area contributed by atoms with Crippen molar-refractivity contribution in [1.29, 1.82) is 0 Å². The summed E-state index contributed by atoms with van der Waals surface area (Å²) in [4.78, 5) is 15.3. The molecule has 6 nitrogen and oxygen atoms in total. The molecule has 0 bridgehead atoms. The second-order valence-corrected chi connectivity index (χ2v) is 3.10. The molecule has 6 heteroatoms. The van der Waals surface area contributed by atoms with Crippen molar-refractivity contribution in [1.82, 2.24) is 10.3 Å². The van der Waals surface area contributed by atoms with Crippen LogP contribution in [0.1, 0.15) is 6.92 Å². The normalized spacial score (nSPS) is 9.62. The molecule has 1 aromatic rings. The fraction of sp³-hybridized carbons (Fsp3) is 0.400. The highest BCUT2D eigenvalue weighted by Gasteiger charge is 2.05. The van der Waals surface area contributed by atoms with E-state index < -0.39 is 0 Å². The predicted molar refractivity (Wildman–Crippen MR) is 62.4 cm³/mol. The summed E-state index contributed by atoms with van der Waals surface area (Å²) in [6, 6.07) is 3.33. The third kappa shape index (κ3) is 3.30. The number of pyridine rings is 1. The van der Waals surface area contributed by atoms with Crippen LogP contribution < -0.4 is 21.1 Å². The predicted octanol–water partition coefficient (Wildman–Crippen LogP) is 0.220. The third-order valence-electron chi connectivity index (χ3n) is 1.90. The maximum atomic E-state index is 11.2. The lowest BCUT2D eigenvalue weighted by molar-refractivity contribution is -0.119. The molecule has 0 saturated heterocycles. The molecule has 0 aliphatic rings. The number of carbonyl (C=O) groups excluding carboxylic acids is 1. The van der Waals surface area contributed by atoms with E-state index in [9.17, 15) is 4.79 Å². The van der Waals surface area contributed by atoms with Gasteiger partial charge in [0.15, 0.2) is 5.82 Å². The number of anilines is 2. The lowest BCUT2D eigenvalue weighted by Gasteiger charge is -2.09. The number of nitrogens with one attached hydrogen (secondary N) is 2. The quantitative estimate of drug-likeness (QED) is 0.665. The van der Waals surface area contributed by atoms with Gasteiger partial charge in [-0.25, -0.2) is 0 Å². The van der Waals surface area contributed by atoms with Gasteiger partial charge in [0.1, 0.15) is 0 Å². The Morgan fingerprint density at radius 3 is 2.94 bits per heavy atom. The first-order valence-electron chi connectivity index (χ1n) is 4.98. The smallest absolute Gasteiger partial charge is 0.239 e. The highest BCUT2D eigenvalue weighted by molar-refractivity contribution is 5.81. The molecule has 4 N–H and O–H groups in total. The zero-order chi connectivity index (χ0) is 12.0. The average Bonchev–Trinajstić information content (AvgIpc) is 2.28. The minimum absolute atomic E-state index is 0.105. The van der Waals surface area contributed by atoms with Crippen LogP contribution in [-0.4, -0.2) is 31.1 Å². The Morgan fingerprint density at radius 1 is 1.56 bits per heavy atom. The Morgan fingerprint density at radius 2 is 2.31 bits per heavy atom. The molecule has 0 unspecified atom stereocenters. The first kappa shape index (κ1) is 12.1. The molecule has 1 amide bonds. The summed E-state index contributed by atoms with van der Waals surface area (Å²) in [5.41, 5.74) is 6.17. The maximum absolute atomic E-state index is 11.2. The van der Waals surface area contributed by atoms with Crippen molar-refractivity contribution in [3.63, 3.8) is 0 Å². The first-order chi connectivity index (χ1) is 7.67. The number of nitrogens with zero attached hydrogens (tertiary/aromatic N) is 1. The van der Waals surface area contributed by atoms with Gasteiger partial charge < -0.3 is 21.1 Å². The van der Waals surface area contributed by atoms with Crippen LogP contribution in [0.15, 0.2) is 12.1 Å². The molecule has 0 aliphatic carbocycles. The molecule has 1 heterocycles. The molecule has 0 atom stereocenters. The summed E-state index contributed by atoms with van der Waals surface area (Å²) >= 11 is 0. The topological polar surface area (TPSA) is 89.3 Å². The van der Waals surface area contributed by atoms with Crippen molar-refractivity contribution < 1.29 is 9.53 Å². The van der Waals surface area contributed by atoms with Gasteiger partial charge in [0.2, 0.25) is 11.8 Å². The van der Waals surface area contributed by atoms with Gasteiger partial charge in [-0.3, -0.25) is 4.79 Å². The van der Waals surface area contributed by atoms with Crippen LogP contribution in [0.4, 0.5) is 11.5 Å². The van der Waals surface area contributed by atoms with Crippen LogP contribution in [-0.2, 0) is 4.79 Å². The summed E-state index contributed by atoms with van der Waals surface area (Å²) in [6.45, 7) is 2.59. The van der Waals surface area contributed by atoms with E-state index in [4.69, 9.17) is 10.5 Å². The summed E-state index contributed by atoms with van der Waals surface area (Å²) in [6.07, 6.45) is 0. The molecule has 1 rings (SSSR count). The summed E-state index contributed by atoms with van der Waals surface area (Å²) in [5, 5.41) is 5.51. The van der Waals surface area contributed by atoms with Gasteiger partial charge in [-0.1, -0.05) is 0 Å². The minimum Gasteiger partial charge on any atom is -0.481 e. The highest BCUT2D eigenvalue weighted by Crippen LogP contribution is 2.18. The summed E-state index contributed by atoms with van der Waals surface area (Å²) in [7, 11) is 1.52. The van der Waals surface area contributed by atoms with Gasteiger partial charge in [0, 0.05) is 12.6 Å². The molecule has 0 spiro atoms. The zero-order valence-electron chi connectivity index (χ0n) is 9.41. The SMILES string of the molecule is CCNC(=O)CNc1nc(OC)ccc1N. The van der Waals surface area contributed by atoms with E-state index in [1.54, 1.807) is 12.1 Å². The second kappa shape index (κ2) is 5.79. The van der Waals surface area contributed by atoms with Crippen LogP contribution >= 0.6 is 0 Å². The van der Waals surface area contributed by atoms with Crippen molar-refractivity contribution in [3.05, 3.63) is 12.1 Å². The number of nitrogen functional groups attached to an aromatic ring is 1. The molecule has 0 radical (unpaired) electrons. The molecule has 0 aliphatic heterocycles. The van der Waals surface area contributed by atoms with Gasteiger partial charge in [-0.2, -0.15) is 4.98 Å². The number of rotatable bonds is 5. The molecule has 0 saturated carbocycles. The number of hydrogen-bond donors (Lipinski definition) is 3. The Kier molecular flexibility index (Phi) is 4.38. The van der Waals surface area contributed by atoms with E-state index in [1.807, 2.05) is 6.92 Å². The second-order valence-electron chi connectivity index (χ2n) is 3.10. The van der Waals surface area contributed by atoms with E-state index in [2.05, 4.69) is 15.6 Å². The van der Waals surface area contributed by atoms with Crippen molar-refractivity contribution in [3.8, 4) is 5.88 Å². The number of methoxy groups -OCH3 is 1. The van der Waals surface area contributed by atoms with Crippen molar-refractivity contribution in [2.45, 2.75) is 6.92 Å². The van der Waals surface area contributed by atoms with Crippen LogP contribution in [0.2, 0.25) is 0 Å². The molecule has 0 aromatic carbocycles. The van der Waals surface area contributed by atoms with Gasteiger partial charge in [0.25, 0.3) is 0 Å². The van der Waals surface area contributed by atoms with E-state index in [0.717, 1.165) is 0 Å². The third-order valence-corrected chi connectivity index (χ3v) is 1.90. The number of hydrogen-bond acceptors (Lipinski definition) is 5. The molecular formula is C10H16N4O2. The Balaban J connectivity index is 2.62. The zero-order valence-corrected chi connectivity index (χ0v) is 9.41. The lowest BCUT2D eigenvalue weighted by atomic mass is 10.4. The summed E-state index contributed by atoms with van der Waals surface area (Å²) < 4.78 is 4.96. The van der Waals surface area contributed by atoms with Crippen LogP contribution in [0.25, 0.3) is 0 Å². The maximum Gasteiger partial charge on any atom is 0.239 e. The van der Waals surface area contributed by atoms with E-state index in [1.165, 1.54) is 7.11 Å². The number of aromatic nitrogens is 1. The van der Waals surface area contributed by atoms with Crippen molar-refractivity contribution >= 4 is 17.4 Å². The molecule has 0 fully saturated rings. The summed E-state index contributed by atoms with van der Waals surface area (Å²) in [5.74, 6) is 0.796. The molecule has 88 valence electrons. The minimum atomic E-state index is -0.105. The molecule has 1 aromatic heterocycles. The standard InChI is InChI=1S/C10H16N4O2/c1-3-12-8(15)6-13-10-7(11)4-5-9(14-10)16-2/h4-5H,3,6,11H2,1-2H3,(H,12,15)(H,13,14). The van der Waals surface area contributed by atoms with Crippen molar-refractivity contribution in [2.24, 2.45) is 0 Å². The van der Waals surface area contributed by atoms with Gasteiger partial charge in [-0.15, -0.1) is 0 Å².